The minimum Gasteiger partial charge on any atom is -0.339 e. The third kappa shape index (κ3) is 1.39. The largest absolute Gasteiger partial charge is 0.339 e. The smallest absolute Gasteiger partial charge is 0.160 e. The first-order valence-electron chi connectivity index (χ1n) is 3.78. The second-order valence-corrected chi connectivity index (χ2v) is 3.82. The quantitative estimate of drug-likeness (QED) is 0.481. The summed E-state index contributed by atoms with van der Waals surface area (Å²) in [5, 5.41) is 0. The number of hydrogen-bond acceptors (Lipinski definition) is 1. The highest BCUT2D eigenvalue weighted by molar-refractivity contribution is 5.01. The molecule has 1 aliphatic heterocycles. The maximum Gasteiger partial charge on any atom is 0.160 e. The highest BCUT2D eigenvalue weighted by atomic mass is 15.3. The van der Waals surface area contributed by atoms with Gasteiger partial charge < -0.3 is 5.73 Å². The Bertz CT molecular complexity index is 144. The zero-order chi connectivity index (χ0) is 7.78. The van der Waals surface area contributed by atoms with E-state index in [2.05, 4.69) is 43.6 Å². The van der Waals surface area contributed by atoms with Gasteiger partial charge in [0.15, 0.2) is 6.17 Å². The Hall–Kier alpha value is -0.340. The van der Waals surface area contributed by atoms with Gasteiger partial charge in [0.1, 0.15) is 0 Å². The molecule has 0 aromatic carbocycles. The Morgan fingerprint density at radius 1 is 1.50 bits per heavy atom. The third-order valence-corrected chi connectivity index (χ3v) is 1.92. The molecular weight excluding hydrogens is 124 g/mol. The zero-order valence-corrected chi connectivity index (χ0v) is 7.09. The summed E-state index contributed by atoms with van der Waals surface area (Å²) in [6.07, 6.45) is 4.72. The third-order valence-electron chi connectivity index (χ3n) is 1.92. The minimum atomic E-state index is 0.260. The lowest BCUT2D eigenvalue weighted by Gasteiger charge is -2.32. The molecule has 0 aromatic heterocycles. The average Bonchev–Trinajstić information content (AvgIpc) is 2.11. The van der Waals surface area contributed by atoms with Gasteiger partial charge in [0.2, 0.25) is 0 Å². The molecule has 0 aromatic rings. The van der Waals surface area contributed by atoms with Crippen molar-refractivity contribution in [3.63, 3.8) is 0 Å². The number of hydrogen-bond donors (Lipinski definition) is 1. The van der Waals surface area contributed by atoms with Crippen LogP contribution < -0.4 is 5.73 Å². The fourth-order valence-corrected chi connectivity index (χ4v) is 1.34. The van der Waals surface area contributed by atoms with Crippen molar-refractivity contribution in [3.05, 3.63) is 12.2 Å². The molecule has 58 valence electrons. The molecule has 0 radical (unpaired) electrons. The van der Waals surface area contributed by atoms with Crippen LogP contribution in [-0.4, -0.2) is 23.1 Å². The average molecular weight is 141 g/mol. The Morgan fingerprint density at radius 2 is 2.10 bits per heavy atom. The lowest BCUT2D eigenvalue weighted by atomic mass is 10.1. The molecule has 3 N–H and O–H groups in total. The molecule has 0 amide bonds. The SMILES string of the molecule is CC(C)(C)N1CC=CC1[NH3+]. The Balaban J connectivity index is 2.60. The first-order valence-corrected chi connectivity index (χ1v) is 3.78. The van der Waals surface area contributed by atoms with Crippen LogP contribution in [0.5, 0.6) is 0 Å². The van der Waals surface area contributed by atoms with Crippen molar-refractivity contribution < 1.29 is 5.73 Å². The van der Waals surface area contributed by atoms with E-state index < -0.39 is 0 Å². The lowest BCUT2D eigenvalue weighted by molar-refractivity contribution is -0.442. The fraction of sp³-hybridized carbons (Fsp3) is 0.750. The highest BCUT2D eigenvalue weighted by Crippen LogP contribution is 2.17. The van der Waals surface area contributed by atoms with E-state index in [1.165, 1.54) is 0 Å². The van der Waals surface area contributed by atoms with Gasteiger partial charge in [0, 0.05) is 12.1 Å². The van der Waals surface area contributed by atoms with Gasteiger partial charge >= 0.3 is 0 Å². The standard InChI is InChI=1S/C8H16N2/c1-8(2,3)10-6-4-5-7(10)9/h4-5,7H,6,9H2,1-3H3/p+1. The molecule has 1 atom stereocenters. The fourth-order valence-electron chi connectivity index (χ4n) is 1.34. The van der Waals surface area contributed by atoms with E-state index in [9.17, 15) is 0 Å². The monoisotopic (exact) mass is 141 g/mol. The van der Waals surface area contributed by atoms with Gasteiger partial charge in [-0.25, -0.2) is 4.90 Å². The number of quaternary nitrogens is 1. The Morgan fingerprint density at radius 3 is 2.30 bits per heavy atom. The van der Waals surface area contributed by atoms with Crippen molar-refractivity contribution in [3.8, 4) is 0 Å². The summed E-state index contributed by atoms with van der Waals surface area (Å²) in [6, 6.07) is 0. The van der Waals surface area contributed by atoms with Crippen molar-refractivity contribution in [2.24, 2.45) is 0 Å². The Kier molecular flexibility index (Phi) is 1.84. The molecule has 10 heavy (non-hydrogen) atoms. The molecule has 2 nitrogen and oxygen atoms in total. The predicted octanol–water partition coefficient (Wildman–Crippen LogP) is 0.225. The molecule has 0 fully saturated rings. The summed E-state index contributed by atoms with van der Waals surface area (Å²) in [6.45, 7) is 7.71. The molecule has 1 unspecified atom stereocenters. The molecule has 1 aliphatic rings. The van der Waals surface area contributed by atoms with E-state index >= 15 is 0 Å². The van der Waals surface area contributed by atoms with Gasteiger partial charge in [0.05, 0.1) is 0 Å². The summed E-state index contributed by atoms with van der Waals surface area (Å²) < 4.78 is 0. The van der Waals surface area contributed by atoms with Crippen LogP contribution in [0.15, 0.2) is 12.2 Å². The number of rotatable bonds is 0. The topological polar surface area (TPSA) is 30.9 Å². The maximum atomic E-state index is 4.02. The van der Waals surface area contributed by atoms with Gasteiger partial charge in [0.25, 0.3) is 0 Å². The molecule has 0 saturated carbocycles. The second-order valence-electron chi connectivity index (χ2n) is 3.82. The molecule has 0 bridgehead atoms. The van der Waals surface area contributed by atoms with Gasteiger partial charge in [-0.05, 0) is 26.8 Å². The Labute approximate surface area is 62.7 Å². The van der Waals surface area contributed by atoms with Crippen molar-refractivity contribution in [1.82, 2.24) is 4.90 Å². The van der Waals surface area contributed by atoms with Gasteiger partial charge in [-0.3, -0.25) is 0 Å². The van der Waals surface area contributed by atoms with E-state index in [0.717, 1.165) is 6.54 Å². The van der Waals surface area contributed by atoms with Crippen LogP contribution in [0.1, 0.15) is 20.8 Å². The number of nitrogens with zero attached hydrogens (tertiary/aromatic N) is 1. The van der Waals surface area contributed by atoms with E-state index in [-0.39, 0.29) is 5.54 Å². The van der Waals surface area contributed by atoms with E-state index in [1.54, 1.807) is 0 Å². The van der Waals surface area contributed by atoms with Crippen LogP contribution in [0, 0.1) is 0 Å². The van der Waals surface area contributed by atoms with Crippen molar-refractivity contribution in [1.29, 1.82) is 0 Å². The van der Waals surface area contributed by atoms with Gasteiger partial charge in [-0.15, -0.1) is 0 Å². The molecule has 0 spiro atoms. The first kappa shape index (κ1) is 7.76. The highest BCUT2D eigenvalue weighted by Gasteiger charge is 2.29. The molecule has 0 saturated heterocycles. The molecule has 1 rings (SSSR count). The summed E-state index contributed by atoms with van der Waals surface area (Å²) in [5.41, 5.74) is 4.28. The van der Waals surface area contributed by atoms with E-state index in [1.807, 2.05) is 0 Å². The van der Waals surface area contributed by atoms with Crippen LogP contribution in [-0.2, 0) is 0 Å². The van der Waals surface area contributed by atoms with Crippen LogP contribution in [0.3, 0.4) is 0 Å². The molecule has 2 heteroatoms. The van der Waals surface area contributed by atoms with Crippen LogP contribution in [0.2, 0.25) is 0 Å². The van der Waals surface area contributed by atoms with Crippen molar-refractivity contribution in [2.75, 3.05) is 6.54 Å². The molecule has 0 aliphatic carbocycles. The predicted molar refractivity (Wildman–Crippen MR) is 42.3 cm³/mol. The summed E-state index contributed by atoms with van der Waals surface area (Å²) in [5.74, 6) is 0. The second kappa shape index (κ2) is 2.36. The van der Waals surface area contributed by atoms with Crippen LogP contribution in [0.25, 0.3) is 0 Å². The molecular formula is C8H17N2+. The van der Waals surface area contributed by atoms with E-state index in [4.69, 9.17) is 0 Å². The summed E-state index contributed by atoms with van der Waals surface area (Å²) in [7, 11) is 0. The lowest BCUT2D eigenvalue weighted by Crippen LogP contribution is -2.69. The minimum absolute atomic E-state index is 0.260. The maximum absolute atomic E-state index is 4.02. The summed E-state index contributed by atoms with van der Waals surface area (Å²) >= 11 is 0. The van der Waals surface area contributed by atoms with Crippen molar-refractivity contribution >= 4 is 0 Å². The van der Waals surface area contributed by atoms with Gasteiger partial charge in [-0.2, -0.15) is 0 Å². The van der Waals surface area contributed by atoms with Gasteiger partial charge in [-0.1, -0.05) is 6.08 Å². The van der Waals surface area contributed by atoms with Crippen LogP contribution >= 0.6 is 0 Å². The van der Waals surface area contributed by atoms with Crippen molar-refractivity contribution in [2.45, 2.75) is 32.5 Å². The first-order chi connectivity index (χ1) is 4.52. The van der Waals surface area contributed by atoms with Crippen LogP contribution in [0.4, 0.5) is 0 Å². The zero-order valence-electron chi connectivity index (χ0n) is 7.09. The normalized spacial score (nSPS) is 27.8. The van der Waals surface area contributed by atoms with E-state index in [0.29, 0.717) is 6.17 Å². The summed E-state index contributed by atoms with van der Waals surface area (Å²) in [4.78, 5) is 2.37. The molecule has 1 heterocycles.